The van der Waals surface area contributed by atoms with Gasteiger partial charge in [-0.15, -0.1) is 5.10 Å². The second-order valence-electron chi connectivity index (χ2n) is 3.89. The number of aromatic nitrogens is 2. The minimum atomic E-state index is -0.0518. The van der Waals surface area contributed by atoms with Gasteiger partial charge in [-0.2, -0.15) is 0 Å². The summed E-state index contributed by atoms with van der Waals surface area (Å²) in [5.41, 5.74) is 0.816. The molecule has 0 bridgehead atoms. The summed E-state index contributed by atoms with van der Waals surface area (Å²) in [6, 6.07) is 0. The van der Waals surface area contributed by atoms with Crippen LogP contribution in [0.25, 0.3) is 0 Å². The molecule has 4 nitrogen and oxygen atoms in total. The Hall–Kier alpha value is -0.490. The van der Waals surface area contributed by atoms with Crippen molar-refractivity contribution in [2.45, 2.75) is 44.4 Å². The Kier molecular flexibility index (Phi) is 6.65. The van der Waals surface area contributed by atoms with Crippen LogP contribution in [0, 0.1) is 0 Å². The van der Waals surface area contributed by atoms with Crippen LogP contribution in [0.3, 0.4) is 0 Å². The van der Waals surface area contributed by atoms with E-state index in [0.717, 1.165) is 31.4 Å². The number of aryl methyl sites for hydroxylation is 1. The molecule has 1 atom stereocenters. The van der Waals surface area contributed by atoms with Crippen molar-refractivity contribution in [1.29, 1.82) is 0 Å². The minimum absolute atomic E-state index is 0.0518. The number of rotatable bonds is 7. The van der Waals surface area contributed by atoms with Crippen LogP contribution in [-0.2, 0) is 6.42 Å². The van der Waals surface area contributed by atoms with E-state index in [1.807, 2.05) is 0 Å². The highest BCUT2D eigenvalue weighted by molar-refractivity contribution is 9.09. The minimum Gasteiger partial charge on any atom is -0.350 e. The molecule has 0 fully saturated rings. The fourth-order valence-corrected chi connectivity index (χ4v) is 2.72. The second kappa shape index (κ2) is 7.76. The van der Waals surface area contributed by atoms with Crippen LogP contribution in [0.4, 0.5) is 0 Å². The van der Waals surface area contributed by atoms with Crippen LogP contribution < -0.4 is 5.32 Å². The highest BCUT2D eigenvalue weighted by Crippen LogP contribution is 2.13. The molecular weight excluding hydrogens is 302 g/mol. The zero-order valence-electron chi connectivity index (χ0n) is 10.2. The molecule has 1 amide bonds. The van der Waals surface area contributed by atoms with Gasteiger partial charge in [-0.25, -0.2) is 0 Å². The zero-order valence-corrected chi connectivity index (χ0v) is 12.6. The van der Waals surface area contributed by atoms with E-state index in [1.165, 1.54) is 11.5 Å². The number of nitrogens with zero attached hydrogens (tertiary/aromatic N) is 2. The van der Waals surface area contributed by atoms with E-state index >= 15 is 0 Å². The fraction of sp³-hybridized carbons (Fsp3) is 0.727. The Morgan fingerprint density at radius 1 is 1.47 bits per heavy atom. The summed E-state index contributed by atoms with van der Waals surface area (Å²) >= 11 is 4.71. The lowest BCUT2D eigenvalue weighted by Gasteiger charge is -2.09. The van der Waals surface area contributed by atoms with Crippen molar-refractivity contribution >= 4 is 33.4 Å². The molecule has 1 heterocycles. The molecule has 1 N–H and O–H groups in total. The highest BCUT2D eigenvalue weighted by atomic mass is 79.9. The molecule has 1 rings (SSSR count). The van der Waals surface area contributed by atoms with Crippen LogP contribution in [0.15, 0.2) is 0 Å². The first kappa shape index (κ1) is 14.6. The average molecular weight is 320 g/mol. The predicted octanol–water partition coefficient (Wildman–Crippen LogP) is 2.78. The molecule has 0 aromatic carbocycles. The number of nitrogens with one attached hydrogen (secondary N) is 1. The molecule has 6 heteroatoms. The molecule has 0 saturated heterocycles. The van der Waals surface area contributed by atoms with Gasteiger partial charge in [-0.1, -0.05) is 47.1 Å². The number of carbonyl (C=O) groups excluding carboxylic acids is 1. The standard InChI is InChI=1S/C11H18BrN3OS/c1-3-5-8(12)7-13-11(16)10-9(6-4-2)14-15-17-10/h8H,3-7H2,1-2H3,(H,13,16). The summed E-state index contributed by atoms with van der Waals surface area (Å²) in [6.45, 7) is 4.84. The molecule has 0 spiro atoms. The molecule has 0 aliphatic carbocycles. The summed E-state index contributed by atoms with van der Waals surface area (Å²) in [7, 11) is 0. The maximum Gasteiger partial charge on any atom is 0.264 e. The Morgan fingerprint density at radius 2 is 2.24 bits per heavy atom. The second-order valence-corrected chi connectivity index (χ2v) is 5.94. The smallest absolute Gasteiger partial charge is 0.264 e. The maximum absolute atomic E-state index is 11.9. The molecule has 1 aromatic rings. The van der Waals surface area contributed by atoms with Gasteiger partial charge in [0, 0.05) is 11.4 Å². The normalized spacial score (nSPS) is 12.4. The van der Waals surface area contributed by atoms with Crippen molar-refractivity contribution in [2.75, 3.05) is 6.54 Å². The summed E-state index contributed by atoms with van der Waals surface area (Å²) < 4.78 is 3.84. The maximum atomic E-state index is 11.9. The van der Waals surface area contributed by atoms with Gasteiger partial charge >= 0.3 is 0 Å². The van der Waals surface area contributed by atoms with Crippen molar-refractivity contribution in [3.05, 3.63) is 10.6 Å². The van der Waals surface area contributed by atoms with Crippen LogP contribution in [-0.4, -0.2) is 26.9 Å². The van der Waals surface area contributed by atoms with E-state index in [0.29, 0.717) is 16.2 Å². The van der Waals surface area contributed by atoms with Crippen molar-refractivity contribution in [2.24, 2.45) is 0 Å². The van der Waals surface area contributed by atoms with Gasteiger partial charge in [-0.05, 0) is 24.4 Å². The lowest BCUT2D eigenvalue weighted by molar-refractivity contribution is 0.0956. The van der Waals surface area contributed by atoms with Crippen molar-refractivity contribution in [1.82, 2.24) is 14.9 Å². The number of alkyl halides is 1. The SMILES string of the molecule is CCCc1nnsc1C(=O)NCC(Br)CCC. The third-order valence-corrected chi connectivity index (χ3v) is 3.88. The molecule has 0 radical (unpaired) electrons. The zero-order chi connectivity index (χ0) is 12.7. The average Bonchev–Trinajstić information content (AvgIpc) is 2.75. The number of hydrogen-bond donors (Lipinski definition) is 1. The summed E-state index contributed by atoms with van der Waals surface area (Å²) in [5, 5.41) is 6.90. The van der Waals surface area contributed by atoms with E-state index in [9.17, 15) is 4.79 Å². The Balaban J connectivity index is 2.49. The third kappa shape index (κ3) is 4.71. The topological polar surface area (TPSA) is 54.9 Å². The van der Waals surface area contributed by atoms with E-state index in [1.54, 1.807) is 0 Å². The molecule has 17 heavy (non-hydrogen) atoms. The van der Waals surface area contributed by atoms with Gasteiger partial charge in [0.2, 0.25) is 0 Å². The molecule has 1 aromatic heterocycles. The van der Waals surface area contributed by atoms with Gasteiger partial charge < -0.3 is 5.32 Å². The molecule has 0 saturated carbocycles. The van der Waals surface area contributed by atoms with E-state index < -0.39 is 0 Å². The first-order valence-electron chi connectivity index (χ1n) is 5.92. The fourth-order valence-electron chi connectivity index (χ4n) is 1.48. The molecule has 96 valence electrons. The molecule has 0 aliphatic rings. The van der Waals surface area contributed by atoms with Crippen molar-refractivity contribution < 1.29 is 4.79 Å². The molecular formula is C11H18BrN3OS. The molecule has 0 aliphatic heterocycles. The van der Waals surface area contributed by atoms with Crippen LogP contribution in [0.1, 0.15) is 48.5 Å². The van der Waals surface area contributed by atoms with Gasteiger partial charge in [0.25, 0.3) is 5.91 Å². The summed E-state index contributed by atoms with van der Waals surface area (Å²) in [5.74, 6) is -0.0518. The van der Waals surface area contributed by atoms with E-state index in [2.05, 4.69) is 44.7 Å². The van der Waals surface area contributed by atoms with Crippen LogP contribution >= 0.6 is 27.5 Å². The van der Waals surface area contributed by atoms with Crippen LogP contribution in [0.5, 0.6) is 0 Å². The monoisotopic (exact) mass is 319 g/mol. The number of halogens is 1. The quantitative estimate of drug-likeness (QED) is 0.786. The van der Waals surface area contributed by atoms with Gasteiger partial charge in [0.05, 0.1) is 5.69 Å². The highest BCUT2D eigenvalue weighted by Gasteiger charge is 2.16. The lowest BCUT2D eigenvalue weighted by Crippen LogP contribution is -2.29. The van der Waals surface area contributed by atoms with E-state index in [-0.39, 0.29) is 5.91 Å². The Bertz CT molecular complexity index is 356. The van der Waals surface area contributed by atoms with Gasteiger partial charge in [-0.3, -0.25) is 4.79 Å². The number of carbonyl (C=O) groups is 1. The van der Waals surface area contributed by atoms with E-state index in [4.69, 9.17) is 0 Å². The number of hydrogen-bond acceptors (Lipinski definition) is 4. The van der Waals surface area contributed by atoms with Crippen LogP contribution in [0.2, 0.25) is 0 Å². The van der Waals surface area contributed by atoms with Gasteiger partial charge in [0.15, 0.2) is 0 Å². The Morgan fingerprint density at radius 3 is 2.88 bits per heavy atom. The lowest BCUT2D eigenvalue weighted by atomic mass is 10.2. The van der Waals surface area contributed by atoms with Crippen molar-refractivity contribution in [3.63, 3.8) is 0 Å². The largest absolute Gasteiger partial charge is 0.350 e. The first-order chi connectivity index (χ1) is 8.19. The Labute approximate surface area is 114 Å². The summed E-state index contributed by atoms with van der Waals surface area (Å²) in [6.07, 6.45) is 3.95. The summed E-state index contributed by atoms with van der Waals surface area (Å²) in [4.78, 5) is 12.9. The van der Waals surface area contributed by atoms with Crippen molar-refractivity contribution in [3.8, 4) is 0 Å². The first-order valence-corrected chi connectivity index (χ1v) is 7.61. The van der Waals surface area contributed by atoms with Gasteiger partial charge in [0.1, 0.15) is 4.88 Å². The number of amides is 1. The molecule has 1 unspecified atom stereocenters. The third-order valence-electron chi connectivity index (χ3n) is 2.33. The predicted molar refractivity (Wildman–Crippen MR) is 73.9 cm³/mol.